The zero-order valence-electron chi connectivity index (χ0n) is 32.2. The molecule has 0 saturated heterocycles. The summed E-state index contributed by atoms with van der Waals surface area (Å²) in [6, 6.07) is 18.6. The molecular weight excluding hydrogens is 571 g/mol. The summed E-state index contributed by atoms with van der Waals surface area (Å²) < 4.78 is 5.19. The minimum absolute atomic E-state index is 0.0588. The Morgan fingerprint density at radius 1 is 0.979 bits per heavy atom. The summed E-state index contributed by atoms with van der Waals surface area (Å²) in [6.07, 6.45) is 17.3. The van der Waals surface area contributed by atoms with Crippen LogP contribution in [0.3, 0.4) is 0 Å². The lowest BCUT2D eigenvalue weighted by Crippen LogP contribution is -2.37. The van der Waals surface area contributed by atoms with Gasteiger partial charge in [-0.05, 0) is 112 Å². The molecule has 2 aromatic carbocycles. The van der Waals surface area contributed by atoms with Crippen LogP contribution in [0.15, 0.2) is 97.3 Å². The van der Waals surface area contributed by atoms with Gasteiger partial charge in [-0.1, -0.05) is 132 Å². The van der Waals surface area contributed by atoms with Crippen LogP contribution in [0.25, 0.3) is 0 Å². The van der Waals surface area contributed by atoms with E-state index in [4.69, 9.17) is 4.74 Å². The molecule has 0 radical (unpaired) electrons. The predicted molar refractivity (Wildman–Crippen MR) is 208 cm³/mol. The van der Waals surface area contributed by atoms with Crippen LogP contribution in [0.5, 0.6) is 0 Å². The number of fused-ring (bicyclic) bond motifs is 1. The maximum Gasteiger partial charge on any atom is 0.0466 e. The average Bonchev–Trinajstić information content (AvgIpc) is 3.72. The average molecular weight is 640 g/mol. The molecule has 3 unspecified atom stereocenters. The largest absolute Gasteiger partial charge is 0.394 e. The summed E-state index contributed by atoms with van der Waals surface area (Å²) in [4.78, 5) is 0. The molecule has 2 nitrogen and oxygen atoms in total. The third-order valence-electron chi connectivity index (χ3n) is 10.8. The minimum atomic E-state index is 0.0588. The second-order valence-corrected chi connectivity index (χ2v) is 16.1. The number of rotatable bonds is 13. The van der Waals surface area contributed by atoms with Gasteiger partial charge >= 0.3 is 0 Å². The van der Waals surface area contributed by atoms with Crippen molar-refractivity contribution in [2.75, 3.05) is 20.3 Å². The molecule has 0 amide bonds. The van der Waals surface area contributed by atoms with E-state index in [9.17, 15) is 0 Å². The number of unbranched alkanes of at least 4 members (excludes halogenated alkanes) is 1. The molecule has 0 aliphatic heterocycles. The second-order valence-electron chi connectivity index (χ2n) is 16.1. The lowest BCUT2D eigenvalue weighted by atomic mass is 9.63. The topological polar surface area (TPSA) is 21.3 Å². The first-order valence-corrected chi connectivity index (χ1v) is 18.1. The first-order chi connectivity index (χ1) is 22.0. The number of ether oxygens (including phenoxy) is 1. The number of aryl methyl sites for hydroxylation is 1. The third-order valence-corrected chi connectivity index (χ3v) is 10.8. The van der Waals surface area contributed by atoms with Gasteiger partial charge in [0.2, 0.25) is 0 Å². The van der Waals surface area contributed by atoms with Crippen molar-refractivity contribution in [2.45, 2.75) is 120 Å². The van der Waals surface area contributed by atoms with Crippen molar-refractivity contribution < 1.29 is 4.74 Å². The fourth-order valence-corrected chi connectivity index (χ4v) is 6.76. The van der Waals surface area contributed by atoms with E-state index in [1.165, 1.54) is 52.7 Å². The smallest absolute Gasteiger partial charge is 0.0466 e. The highest BCUT2D eigenvalue weighted by Crippen LogP contribution is 2.67. The normalized spacial score (nSPS) is 19.7. The van der Waals surface area contributed by atoms with Crippen molar-refractivity contribution in [2.24, 2.45) is 22.2 Å². The highest BCUT2D eigenvalue weighted by molar-refractivity contribution is 5.45. The molecule has 260 valence electrons. The maximum absolute atomic E-state index is 5.19. The first kappa shape index (κ1) is 40.3. The molecule has 2 aliphatic rings. The summed E-state index contributed by atoms with van der Waals surface area (Å²) in [5, 5.41) is 2.69. The van der Waals surface area contributed by atoms with Gasteiger partial charge in [0, 0.05) is 31.1 Å². The van der Waals surface area contributed by atoms with Gasteiger partial charge in [-0.15, -0.1) is 6.58 Å². The van der Waals surface area contributed by atoms with Crippen LogP contribution in [0.1, 0.15) is 117 Å². The molecular formula is C45H69NO. The third kappa shape index (κ3) is 11.7. The van der Waals surface area contributed by atoms with E-state index < -0.39 is 0 Å². The monoisotopic (exact) mass is 640 g/mol. The lowest BCUT2D eigenvalue weighted by molar-refractivity contribution is 0.132. The summed E-state index contributed by atoms with van der Waals surface area (Å²) >= 11 is 0. The van der Waals surface area contributed by atoms with Gasteiger partial charge < -0.3 is 10.1 Å². The van der Waals surface area contributed by atoms with E-state index in [0.29, 0.717) is 5.92 Å². The van der Waals surface area contributed by atoms with Gasteiger partial charge in [-0.25, -0.2) is 0 Å². The molecule has 0 aromatic heterocycles. The Labute approximate surface area is 290 Å². The highest BCUT2D eigenvalue weighted by atomic mass is 16.5. The molecule has 4 rings (SSSR count). The Morgan fingerprint density at radius 3 is 2.21 bits per heavy atom. The van der Waals surface area contributed by atoms with Crippen LogP contribution in [0.4, 0.5) is 0 Å². The molecule has 3 atom stereocenters. The fraction of sp³-hybridized carbons (Fsp3) is 0.556. The van der Waals surface area contributed by atoms with E-state index in [-0.39, 0.29) is 21.7 Å². The second kappa shape index (κ2) is 18.1. The number of benzene rings is 2. The lowest BCUT2D eigenvalue weighted by Gasteiger charge is -2.41. The van der Waals surface area contributed by atoms with Crippen LogP contribution in [-0.4, -0.2) is 20.3 Å². The van der Waals surface area contributed by atoms with E-state index in [1.807, 2.05) is 14.0 Å². The zero-order chi connectivity index (χ0) is 35.3. The van der Waals surface area contributed by atoms with E-state index in [1.54, 1.807) is 6.20 Å². The molecule has 2 aliphatic carbocycles. The number of allylic oxidation sites excluding steroid dienone is 5. The fourth-order valence-electron chi connectivity index (χ4n) is 6.76. The van der Waals surface area contributed by atoms with Gasteiger partial charge in [-0.2, -0.15) is 0 Å². The van der Waals surface area contributed by atoms with E-state index in [0.717, 1.165) is 38.9 Å². The highest BCUT2D eigenvalue weighted by Gasteiger charge is 2.62. The van der Waals surface area contributed by atoms with Crippen LogP contribution in [-0.2, 0) is 23.0 Å². The van der Waals surface area contributed by atoms with Crippen molar-refractivity contribution in [3.63, 3.8) is 0 Å². The molecule has 2 heteroatoms. The van der Waals surface area contributed by atoms with Crippen molar-refractivity contribution >= 4 is 0 Å². The molecule has 1 N–H and O–H groups in total. The summed E-state index contributed by atoms with van der Waals surface area (Å²) in [7, 11) is 1.81. The number of hydrogen-bond acceptors (Lipinski definition) is 2. The maximum atomic E-state index is 5.19. The SMILES string of the molecule is C=C(C)CCCCOCC.C=CNC.CC1=CC2CC2(C(C)(Cc2ccccc2)c2cc(C)cc(CC(C)(C)C(C)(C)C)c2)C=CC1. The van der Waals surface area contributed by atoms with Gasteiger partial charge in [0.05, 0.1) is 0 Å². The van der Waals surface area contributed by atoms with Crippen molar-refractivity contribution in [1.29, 1.82) is 0 Å². The molecule has 0 heterocycles. The van der Waals surface area contributed by atoms with Crippen molar-refractivity contribution in [3.05, 3.63) is 120 Å². The summed E-state index contributed by atoms with van der Waals surface area (Å²) in [5.74, 6) is 0.653. The Morgan fingerprint density at radius 2 is 1.64 bits per heavy atom. The number of nitrogens with one attached hydrogen (secondary N) is 1. The molecule has 1 fully saturated rings. The van der Waals surface area contributed by atoms with Crippen LogP contribution in [0.2, 0.25) is 0 Å². The Balaban J connectivity index is 0.000000462. The molecule has 1 saturated carbocycles. The van der Waals surface area contributed by atoms with E-state index in [2.05, 4.69) is 148 Å². The predicted octanol–water partition coefficient (Wildman–Crippen LogP) is 12.1. The van der Waals surface area contributed by atoms with Gasteiger partial charge in [-0.3, -0.25) is 0 Å². The van der Waals surface area contributed by atoms with Gasteiger partial charge in [0.25, 0.3) is 0 Å². The van der Waals surface area contributed by atoms with Crippen LogP contribution in [0, 0.1) is 29.1 Å². The van der Waals surface area contributed by atoms with Gasteiger partial charge in [0.15, 0.2) is 0 Å². The van der Waals surface area contributed by atoms with Gasteiger partial charge in [0.1, 0.15) is 0 Å². The Bertz CT molecular complexity index is 1320. The minimum Gasteiger partial charge on any atom is -0.394 e. The Hall–Kier alpha value is -2.84. The Kier molecular flexibility index (Phi) is 15.5. The van der Waals surface area contributed by atoms with E-state index >= 15 is 0 Å². The molecule has 0 bridgehead atoms. The standard InChI is InChI=1S/C33H44.C9H18O.C3H7N/c1-24-13-12-16-33(23-29(33)18-24)32(8,22-26-14-10-9-11-15-26)28-19-25(2)17-27(20-28)21-31(6,7)30(3,4)5;1-4-10-8-6-5-7-9(2)3;1-3-4-2/h9-12,14-20,29H,13,21-23H2,1-8H3;2,4-8H2,1,3H3;3-4H,1H2,2H3. The first-order valence-electron chi connectivity index (χ1n) is 18.1. The summed E-state index contributed by atoms with van der Waals surface area (Å²) in [6.45, 7) is 32.2. The molecule has 47 heavy (non-hydrogen) atoms. The van der Waals surface area contributed by atoms with Crippen LogP contribution >= 0.6 is 0 Å². The quantitative estimate of drug-likeness (QED) is 0.174. The zero-order valence-corrected chi connectivity index (χ0v) is 32.2. The molecule has 2 aromatic rings. The van der Waals surface area contributed by atoms with Crippen molar-refractivity contribution in [3.8, 4) is 0 Å². The van der Waals surface area contributed by atoms with Crippen molar-refractivity contribution in [1.82, 2.24) is 5.32 Å². The molecule has 0 spiro atoms. The van der Waals surface area contributed by atoms with Crippen LogP contribution < -0.4 is 5.32 Å². The number of hydrogen-bond donors (Lipinski definition) is 1. The summed E-state index contributed by atoms with van der Waals surface area (Å²) in [5.41, 5.74) is 9.40.